The van der Waals surface area contributed by atoms with Crippen LogP contribution in [0.5, 0.6) is 5.75 Å². The molecule has 0 saturated carbocycles. The number of halogens is 4. The normalized spacial score (nSPS) is 11.5. The lowest BCUT2D eigenvalue weighted by Crippen LogP contribution is -2.26. The van der Waals surface area contributed by atoms with Gasteiger partial charge in [-0.25, -0.2) is 4.79 Å². The molecule has 0 radical (unpaired) electrons. The van der Waals surface area contributed by atoms with Crippen LogP contribution in [0.3, 0.4) is 0 Å². The molecule has 0 saturated heterocycles. The van der Waals surface area contributed by atoms with E-state index in [1.807, 2.05) is 0 Å². The second-order valence-corrected chi connectivity index (χ2v) is 5.16. The maximum Gasteiger partial charge on any atom is 0.416 e. The van der Waals surface area contributed by atoms with E-state index >= 15 is 0 Å². The predicted molar refractivity (Wildman–Crippen MR) is 76.2 cm³/mol. The molecule has 0 spiro atoms. The van der Waals surface area contributed by atoms with Crippen LogP contribution in [0, 0.1) is 3.57 Å². The number of nitrogens with zero attached hydrogens (tertiary/aromatic N) is 2. The first kappa shape index (κ1) is 16.3. The molecular weight excluding hydrogens is 420 g/mol. The van der Waals surface area contributed by atoms with Crippen molar-refractivity contribution >= 4 is 28.6 Å². The molecule has 0 aliphatic carbocycles. The highest BCUT2D eigenvalue weighted by atomic mass is 127. The zero-order chi connectivity index (χ0) is 16.7. The Morgan fingerprint density at radius 2 is 1.95 bits per heavy atom. The fraction of sp³-hybridized carbons (Fsp3) is 0.0833. The highest BCUT2D eigenvalue weighted by molar-refractivity contribution is 14.1. The third-order valence-electron chi connectivity index (χ3n) is 2.63. The smallest absolute Gasteiger partial charge is 0.416 e. The van der Waals surface area contributed by atoms with Gasteiger partial charge in [0.25, 0.3) is 5.56 Å². The summed E-state index contributed by atoms with van der Waals surface area (Å²) in [5, 5.41) is 21.9. The summed E-state index contributed by atoms with van der Waals surface area (Å²) in [5.41, 5.74) is -3.04. The topological polar surface area (TPSA) is 92.4 Å². The zero-order valence-corrected chi connectivity index (χ0v) is 12.6. The summed E-state index contributed by atoms with van der Waals surface area (Å²) in [6.45, 7) is 0. The number of hydrogen-bond acceptors (Lipinski definition) is 4. The van der Waals surface area contributed by atoms with Crippen molar-refractivity contribution in [3.63, 3.8) is 0 Å². The van der Waals surface area contributed by atoms with Gasteiger partial charge in [-0.05, 0) is 40.8 Å². The fourth-order valence-corrected chi connectivity index (χ4v) is 2.11. The van der Waals surface area contributed by atoms with E-state index < -0.39 is 34.7 Å². The predicted octanol–water partition coefficient (Wildman–Crippen LogP) is 2.26. The lowest BCUT2D eigenvalue weighted by molar-refractivity contribution is -0.137. The van der Waals surface area contributed by atoms with E-state index in [0.717, 1.165) is 12.1 Å². The number of hydrogen-bond donors (Lipinski definition) is 2. The Kier molecular flexibility index (Phi) is 4.13. The number of benzene rings is 1. The SMILES string of the molecule is O=C(O)c1nn(-c2cccc(C(F)(F)F)c2)c(=O)c(I)c1O. The molecular formula is C12H6F3IN2O4. The molecule has 6 nitrogen and oxygen atoms in total. The fourth-order valence-electron chi connectivity index (χ4n) is 1.62. The molecule has 2 rings (SSSR count). The number of carboxylic acid groups (broad SMARTS) is 1. The molecule has 10 heteroatoms. The Labute approximate surface area is 134 Å². The molecule has 2 aromatic rings. The molecule has 116 valence electrons. The van der Waals surface area contributed by atoms with Crippen LogP contribution in [-0.2, 0) is 6.18 Å². The summed E-state index contributed by atoms with van der Waals surface area (Å²) in [5.74, 6) is -2.45. The number of alkyl halides is 3. The van der Waals surface area contributed by atoms with E-state index in [9.17, 15) is 27.9 Å². The number of rotatable bonds is 2. The Balaban J connectivity index is 2.73. The summed E-state index contributed by atoms with van der Waals surface area (Å²) in [7, 11) is 0. The largest absolute Gasteiger partial charge is 0.504 e. The van der Waals surface area contributed by atoms with Gasteiger partial charge in [0, 0.05) is 0 Å². The van der Waals surface area contributed by atoms with Gasteiger partial charge in [0.1, 0.15) is 3.57 Å². The summed E-state index contributed by atoms with van der Waals surface area (Å²) < 4.78 is 38.2. The molecule has 2 N–H and O–H groups in total. The zero-order valence-electron chi connectivity index (χ0n) is 10.4. The van der Waals surface area contributed by atoms with Crippen LogP contribution >= 0.6 is 22.6 Å². The van der Waals surface area contributed by atoms with Crippen molar-refractivity contribution in [3.05, 3.63) is 49.4 Å². The Morgan fingerprint density at radius 1 is 1.32 bits per heavy atom. The van der Waals surface area contributed by atoms with E-state index in [0.29, 0.717) is 10.7 Å². The van der Waals surface area contributed by atoms with E-state index in [1.165, 1.54) is 28.7 Å². The minimum atomic E-state index is -4.63. The average molecular weight is 426 g/mol. The van der Waals surface area contributed by atoms with Crippen LogP contribution in [0.2, 0.25) is 0 Å². The summed E-state index contributed by atoms with van der Waals surface area (Å²) in [6.07, 6.45) is -4.63. The van der Waals surface area contributed by atoms with Gasteiger partial charge >= 0.3 is 12.1 Å². The second kappa shape index (κ2) is 5.59. The molecule has 0 amide bonds. The van der Waals surface area contributed by atoms with Gasteiger partial charge in [-0.3, -0.25) is 4.79 Å². The van der Waals surface area contributed by atoms with Crippen LogP contribution in [-0.4, -0.2) is 26.0 Å². The molecule has 0 atom stereocenters. The minimum Gasteiger partial charge on any atom is -0.504 e. The quantitative estimate of drug-likeness (QED) is 0.720. The number of carbonyl (C=O) groups is 1. The van der Waals surface area contributed by atoms with Crippen molar-refractivity contribution in [2.24, 2.45) is 0 Å². The maximum atomic E-state index is 12.7. The van der Waals surface area contributed by atoms with Gasteiger partial charge in [0.15, 0.2) is 5.75 Å². The summed E-state index contributed by atoms with van der Waals surface area (Å²) in [6, 6.07) is 3.69. The van der Waals surface area contributed by atoms with E-state index in [2.05, 4.69) is 5.10 Å². The van der Waals surface area contributed by atoms with Gasteiger partial charge in [0.05, 0.1) is 11.3 Å². The molecule has 1 aromatic carbocycles. The third-order valence-corrected chi connectivity index (χ3v) is 3.61. The van der Waals surface area contributed by atoms with Crippen LogP contribution in [0.25, 0.3) is 5.69 Å². The van der Waals surface area contributed by atoms with Crippen molar-refractivity contribution in [1.29, 1.82) is 0 Å². The molecule has 0 aliphatic heterocycles. The standard InChI is InChI=1S/C12H6F3IN2O4/c13-12(14,15)5-2-1-3-6(4-5)18-10(20)7(16)9(19)8(17-18)11(21)22/h1-4,19H,(H,21,22). The summed E-state index contributed by atoms with van der Waals surface area (Å²) in [4.78, 5) is 23.0. The summed E-state index contributed by atoms with van der Waals surface area (Å²) >= 11 is 1.40. The first-order valence-corrected chi connectivity index (χ1v) is 6.63. The van der Waals surface area contributed by atoms with Crippen LogP contribution < -0.4 is 5.56 Å². The molecule has 1 heterocycles. The van der Waals surface area contributed by atoms with Gasteiger partial charge in [-0.1, -0.05) is 6.07 Å². The molecule has 0 fully saturated rings. The highest BCUT2D eigenvalue weighted by Crippen LogP contribution is 2.30. The van der Waals surface area contributed by atoms with Crippen molar-refractivity contribution in [2.75, 3.05) is 0 Å². The molecule has 0 bridgehead atoms. The van der Waals surface area contributed by atoms with Crippen molar-refractivity contribution < 1.29 is 28.2 Å². The first-order valence-electron chi connectivity index (χ1n) is 5.55. The van der Waals surface area contributed by atoms with Crippen molar-refractivity contribution in [3.8, 4) is 11.4 Å². The Bertz CT molecular complexity index is 817. The van der Waals surface area contributed by atoms with E-state index in [1.54, 1.807) is 0 Å². The lowest BCUT2D eigenvalue weighted by atomic mass is 10.2. The van der Waals surface area contributed by atoms with Gasteiger partial charge in [0.2, 0.25) is 5.69 Å². The number of aromatic carboxylic acids is 1. The number of aromatic hydroxyl groups is 1. The monoisotopic (exact) mass is 426 g/mol. The van der Waals surface area contributed by atoms with Crippen LogP contribution in [0.4, 0.5) is 13.2 Å². The Morgan fingerprint density at radius 3 is 2.50 bits per heavy atom. The third kappa shape index (κ3) is 2.91. The molecule has 0 aliphatic rings. The van der Waals surface area contributed by atoms with Crippen LogP contribution in [0.15, 0.2) is 29.1 Å². The molecule has 22 heavy (non-hydrogen) atoms. The Hall–Kier alpha value is -2.11. The maximum absolute atomic E-state index is 12.7. The second-order valence-electron chi connectivity index (χ2n) is 4.08. The number of carboxylic acids is 1. The molecule has 1 aromatic heterocycles. The average Bonchev–Trinajstić information content (AvgIpc) is 2.44. The van der Waals surface area contributed by atoms with E-state index in [-0.39, 0.29) is 9.26 Å². The molecule has 0 unspecified atom stereocenters. The van der Waals surface area contributed by atoms with E-state index in [4.69, 9.17) is 5.11 Å². The first-order chi connectivity index (χ1) is 10.1. The van der Waals surface area contributed by atoms with Gasteiger partial charge in [-0.15, -0.1) is 0 Å². The van der Waals surface area contributed by atoms with Gasteiger partial charge in [-0.2, -0.15) is 23.0 Å². The highest BCUT2D eigenvalue weighted by Gasteiger charge is 2.31. The lowest BCUT2D eigenvalue weighted by Gasteiger charge is -2.11. The minimum absolute atomic E-state index is 0.264. The van der Waals surface area contributed by atoms with Gasteiger partial charge < -0.3 is 10.2 Å². The van der Waals surface area contributed by atoms with Crippen molar-refractivity contribution in [2.45, 2.75) is 6.18 Å². The number of aromatic nitrogens is 2. The van der Waals surface area contributed by atoms with Crippen molar-refractivity contribution in [1.82, 2.24) is 9.78 Å². The van der Waals surface area contributed by atoms with Crippen LogP contribution in [0.1, 0.15) is 16.1 Å².